The maximum atomic E-state index is 13.2. The van der Waals surface area contributed by atoms with Crippen molar-refractivity contribution in [3.05, 3.63) is 65.1 Å². The average molecular weight is 373 g/mol. The molecule has 0 unspecified atom stereocenters. The molecule has 25 heavy (non-hydrogen) atoms. The largest absolute Gasteiger partial charge is 0.346 e. The van der Waals surface area contributed by atoms with E-state index in [-0.39, 0.29) is 16.6 Å². The number of nitrogens with zero attached hydrogens (tertiary/aromatic N) is 2. The van der Waals surface area contributed by atoms with Crippen LogP contribution in [-0.2, 0) is 6.54 Å². The highest BCUT2D eigenvalue weighted by Gasteiger charge is 2.15. The van der Waals surface area contributed by atoms with Crippen molar-refractivity contribution >= 4 is 40.0 Å². The number of hydrogen-bond donors (Lipinski definition) is 0. The van der Waals surface area contributed by atoms with Crippen LogP contribution in [0.4, 0.5) is 4.39 Å². The Labute approximate surface area is 154 Å². The first kappa shape index (κ1) is 17.5. The summed E-state index contributed by atoms with van der Waals surface area (Å²) in [5.74, 6) is -0.260. The lowest BCUT2D eigenvalue weighted by atomic mass is 10.1. The molecule has 6 heteroatoms. The molecule has 1 heterocycles. The number of thioether (sulfide) groups is 1. The Morgan fingerprint density at radius 2 is 2.08 bits per heavy atom. The third-order valence-electron chi connectivity index (χ3n) is 3.81. The van der Waals surface area contributed by atoms with Gasteiger partial charge in [0.15, 0.2) is 5.78 Å². The summed E-state index contributed by atoms with van der Waals surface area (Å²) in [6.45, 7) is 0.547. The van der Waals surface area contributed by atoms with Gasteiger partial charge in [-0.15, -0.1) is 11.8 Å². The lowest BCUT2D eigenvalue weighted by Crippen LogP contribution is -2.02. The second-order valence-corrected chi connectivity index (χ2v) is 6.91. The molecule has 0 aliphatic rings. The Balaban J connectivity index is 1.82. The number of ketones is 1. The quantitative estimate of drug-likeness (QED) is 0.434. The molecule has 2 aromatic carbocycles. The Kier molecular flexibility index (Phi) is 5.42. The number of halogens is 2. The van der Waals surface area contributed by atoms with Crippen LogP contribution in [0.15, 0.2) is 53.6 Å². The lowest BCUT2D eigenvalue weighted by Gasteiger charge is -2.02. The number of carbonyl (C=O) groups is 1. The molecule has 0 saturated heterocycles. The maximum Gasteiger partial charge on any atom is 0.175 e. The molecule has 0 aliphatic heterocycles. The fourth-order valence-electron chi connectivity index (χ4n) is 2.62. The molecule has 0 aliphatic carbocycles. The number of para-hydroxylation sites is 1. The van der Waals surface area contributed by atoms with Gasteiger partial charge in [0.2, 0.25) is 0 Å². The van der Waals surface area contributed by atoms with E-state index in [1.54, 1.807) is 6.07 Å². The van der Waals surface area contributed by atoms with Crippen molar-refractivity contribution in [3.63, 3.8) is 0 Å². The summed E-state index contributed by atoms with van der Waals surface area (Å²) in [4.78, 5) is 13.4. The van der Waals surface area contributed by atoms with Crippen molar-refractivity contribution in [3.8, 4) is 6.07 Å². The van der Waals surface area contributed by atoms with Crippen LogP contribution in [0.2, 0.25) is 5.02 Å². The fourth-order valence-corrected chi connectivity index (χ4v) is 3.68. The number of fused-ring (bicyclic) bond motifs is 1. The van der Waals surface area contributed by atoms with E-state index < -0.39 is 5.82 Å². The summed E-state index contributed by atoms with van der Waals surface area (Å²) >= 11 is 7.09. The second-order valence-electron chi connectivity index (χ2n) is 5.45. The highest BCUT2D eigenvalue weighted by Crippen LogP contribution is 2.27. The van der Waals surface area contributed by atoms with Gasteiger partial charge in [-0.25, -0.2) is 4.39 Å². The first-order valence-corrected chi connectivity index (χ1v) is 9.02. The van der Waals surface area contributed by atoms with Gasteiger partial charge in [0, 0.05) is 34.1 Å². The lowest BCUT2D eigenvalue weighted by molar-refractivity contribution is 0.102. The first-order valence-electron chi connectivity index (χ1n) is 7.66. The van der Waals surface area contributed by atoms with E-state index in [2.05, 4.69) is 6.07 Å². The van der Waals surface area contributed by atoms with E-state index in [4.69, 9.17) is 16.9 Å². The molecule has 3 nitrogen and oxygen atoms in total. The molecule has 0 radical (unpaired) electrons. The molecule has 3 rings (SSSR count). The highest BCUT2D eigenvalue weighted by atomic mass is 35.5. The molecule has 1 aromatic heterocycles. The van der Waals surface area contributed by atoms with Gasteiger partial charge in [0.25, 0.3) is 0 Å². The minimum Gasteiger partial charge on any atom is -0.346 e. The van der Waals surface area contributed by atoms with Crippen LogP contribution < -0.4 is 0 Å². The molecule has 0 amide bonds. The van der Waals surface area contributed by atoms with Gasteiger partial charge >= 0.3 is 0 Å². The van der Waals surface area contributed by atoms with Crippen LogP contribution in [0.3, 0.4) is 0 Å². The van der Waals surface area contributed by atoms with Gasteiger partial charge in [-0.2, -0.15) is 5.26 Å². The average Bonchev–Trinajstić information content (AvgIpc) is 2.99. The van der Waals surface area contributed by atoms with Crippen molar-refractivity contribution in [1.82, 2.24) is 4.57 Å². The van der Waals surface area contributed by atoms with E-state index in [1.807, 2.05) is 35.0 Å². The Bertz CT molecular complexity index is 977. The molecule has 0 N–H and O–H groups in total. The van der Waals surface area contributed by atoms with Crippen LogP contribution in [0.5, 0.6) is 0 Å². The molecule has 0 saturated carbocycles. The predicted molar refractivity (Wildman–Crippen MR) is 98.6 cm³/mol. The third kappa shape index (κ3) is 3.87. The zero-order chi connectivity index (χ0) is 17.8. The smallest absolute Gasteiger partial charge is 0.175 e. The fraction of sp³-hybridized carbons (Fsp3) is 0.158. The zero-order valence-corrected chi connectivity index (χ0v) is 14.8. The van der Waals surface area contributed by atoms with Crippen LogP contribution in [0, 0.1) is 17.1 Å². The topological polar surface area (TPSA) is 45.8 Å². The summed E-state index contributed by atoms with van der Waals surface area (Å²) in [6, 6.07) is 14.2. The standard InChI is InChI=1S/C19H14ClFN2OS/c20-16-10-13(6-7-17(16)21)25-12-19(24)15-11-23(9-3-8-22)18-5-2-1-4-14(15)18/h1-2,4-7,10-11H,3,9,12H2. The molecular formula is C19H14ClFN2OS. The number of nitriles is 1. The number of rotatable bonds is 6. The molecule has 0 atom stereocenters. The number of aromatic nitrogens is 1. The number of hydrogen-bond acceptors (Lipinski definition) is 3. The van der Waals surface area contributed by atoms with Gasteiger partial charge in [-0.3, -0.25) is 4.79 Å². The zero-order valence-electron chi connectivity index (χ0n) is 13.2. The van der Waals surface area contributed by atoms with Crippen LogP contribution >= 0.6 is 23.4 Å². The van der Waals surface area contributed by atoms with Crippen molar-refractivity contribution in [2.24, 2.45) is 0 Å². The molecule has 126 valence electrons. The van der Waals surface area contributed by atoms with E-state index in [0.717, 1.165) is 15.8 Å². The van der Waals surface area contributed by atoms with E-state index in [0.29, 0.717) is 18.5 Å². The van der Waals surface area contributed by atoms with Crippen molar-refractivity contribution in [2.45, 2.75) is 17.9 Å². The number of Topliss-reactive ketones (excluding diaryl/α,β-unsaturated/α-hetero) is 1. The summed E-state index contributed by atoms with van der Waals surface area (Å²) in [5.41, 5.74) is 1.57. The van der Waals surface area contributed by atoms with E-state index in [1.165, 1.54) is 23.9 Å². The van der Waals surface area contributed by atoms with Gasteiger partial charge in [-0.1, -0.05) is 29.8 Å². The van der Waals surface area contributed by atoms with Crippen LogP contribution in [0.1, 0.15) is 16.8 Å². The molecular weight excluding hydrogens is 359 g/mol. The third-order valence-corrected chi connectivity index (χ3v) is 5.10. The summed E-state index contributed by atoms with van der Waals surface area (Å²) in [7, 11) is 0. The predicted octanol–water partition coefficient (Wildman–Crippen LogP) is 5.32. The van der Waals surface area contributed by atoms with Crippen LogP contribution in [-0.4, -0.2) is 16.1 Å². The number of carbonyl (C=O) groups excluding carboxylic acids is 1. The maximum absolute atomic E-state index is 13.2. The van der Waals surface area contributed by atoms with Crippen LogP contribution in [0.25, 0.3) is 10.9 Å². The molecule has 0 bridgehead atoms. The minimum atomic E-state index is -0.474. The number of aryl methyl sites for hydroxylation is 1. The molecule has 3 aromatic rings. The van der Waals surface area contributed by atoms with Gasteiger partial charge in [0.1, 0.15) is 5.82 Å². The Morgan fingerprint density at radius 3 is 2.84 bits per heavy atom. The summed E-state index contributed by atoms with van der Waals surface area (Å²) in [6.07, 6.45) is 2.19. The summed E-state index contributed by atoms with van der Waals surface area (Å²) < 4.78 is 15.1. The molecule has 0 spiro atoms. The monoisotopic (exact) mass is 372 g/mol. The van der Waals surface area contributed by atoms with E-state index in [9.17, 15) is 9.18 Å². The highest BCUT2D eigenvalue weighted by molar-refractivity contribution is 8.00. The van der Waals surface area contributed by atoms with Gasteiger partial charge in [-0.05, 0) is 24.3 Å². The van der Waals surface area contributed by atoms with Gasteiger partial charge < -0.3 is 4.57 Å². The van der Waals surface area contributed by atoms with E-state index >= 15 is 0 Å². The van der Waals surface area contributed by atoms with Crippen molar-refractivity contribution in [2.75, 3.05) is 5.75 Å². The Morgan fingerprint density at radius 1 is 1.28 bits per heavy atom. The minimum absolute atomic E-state index is 0.0163. The SMILES string of the molecule is N#CCCn1cc(C(=O)CSc2ccc(F)c(Cl)c2)c2ccccc21. The van der Waals surface area contributed by atoms with Gasteiger partial charge in [0.05, 0.1) is 23.3 Å². The van der Waals surface area contributed by atoms with Crippen molar-refractivity contribution < 1.29 is 9.18 Å². The van der Waals surface area contributed by atoms with Crippen molar-refractivity contribution in [1.29, 1.82) is 5.26 Å². The summed E-state index contributed by atoms with van der Waals surface area (Å²) in [5, 5.41) is 9.72. The Hall–Kier alpha value is -2.29. The number of benzene rings is 2. The second kappa shape index (κ2) is 7.73. The normalized spacial score (nSPS) is 10.8. The first-order chi connectivity index (χ1) is 12.1. The molecule has 0 fully saturated rings.